The van der Waals surface area contributed by atoms with Gasteiger partial charge in [0, 0.05) is 26.5 Å². The van der Waals surface area contributed by atoms with E-state index >= 15 is 0 Å². The second-order valence-corrected chi connectivity index (χ2v) is 9.12. The second-order valence-electron chi connectivity index (χ2n) is 6.61. The fourth-order valence-electron chi connectivity index (χ4n) is 2.75. The maximum Gasteiger partial charge on any atom is 0.142 e. The molecule has 1 heterocycles. The van der Waals surface area contributed by atoms with Gasteiger partial charge in [0.15, 0.2) is 0 Å². The summed E-state index contributed by atoms with van der Waals surface area (Å²) in [5.41, 5.74) is 1.06. The SMILES string of the molecule is O[C@H](c1cccs1)[C@@H](/C=N/OCc1ccccc1)C/C=C/CSc1ccc(Cl)cc1. The predicted octanol–water partition coefficient (Wildman–Crippen LogP) is 6.99. The Morgan fingerprint density at radius 2 is 1.83 bits per heavy atom. The Labute approximate surface area is 191 Å². The van der Waals surface area contributed by atoms with Gasteiger partial charge in [-0.15, -0.1) is 23.1 Å². The molecule has 0 aliphatic heterocycles. The van der Waals surface area contributed by atoms with Crippen molar-refractivity contribution in [2.45, 2.75) is 24.0 Å². The monoisotopic (exact) mass is 457 g/mol. The number of benzene rings is 2. The standard InChI is InChI=1S/C24H24ClNO2S2/c25-21-11-13-22(14-12-21)29-15-5-4-9-20(24(27)23-10-6-16-30-23)17-26-28-18-19-7-2-1-3-8-19/h1-8,10-14,16-17,20,24,27H,9,15,18H2/b5-4+,26-17+/t20-,24+/m1/s1. The lowest BCUT2D eigenvalue weighted by molar-refractivity contribution is 0.120. The highest BCUT2D eigenvalue weighted by molar-refractivity contribution is 7.99. The summed E-state index contributed by atoms with van der Waals surface area (Å²) in [7, 11) is 0. The highest BCUT2D eigenvalue weighted by Crippen LogP contribution is 2.28. The zero-order chi connectivity index (χ0) is 21.0. The fourth-order valence-corrected chi connectivity index (χ4v) is 4.41. The summed E-state index contributed by atoms with van der Waals surface area (Å²) in [4.78, 5) is 7.54. The molecule has 6 heteroatoms. The number of oxime groups is 1. The number of aliphatic hydroxyl groups is 1. The van der Waals surface area contributed by atoms with Gasteiger partial charge in [0.25, 0.3) is 0 Å². The minimum atomic E-state index is -0.609. The number of rotatable bonds is 11. The molecule has 3 rings (SSSR count). The summed E-state index contributed by atoms with van der Waals surface area (Å²) in [5, 5.41) is 17.6. The smallest absolute Gasteiger partial charge is 0.142 e. The molecule has 0 amide bonds. The molecule has 30 heavy (non-hydrogen) atoms. The van der Waals surface area contributed by atoms with E-state index in [1.165, 1.54) is 4.90 Å². The summed E-state index contributed by atoms with van der Waals surface area (Å²) in [5.74, 6) is 0.696. The maximum absolute atomic E-state index is 10.8. The van der Waals surface area contributed by atoms with Crippen LogP contribution in [-0.4, -0.2) is 17.1 Å². The lowest BCUT2D eigenvalue weighted by Gasteiger charge is -2.16. The van der Waals surface area contributed by atoms with Crippen LogP contribution in [0.5, 0.6) is 0 Å². The van der Waals surface area contributed by atoms with Gasteiger partial charge in [-0.3, -0.25) is 0 Å². The summed E-state index contributed by atoms with van der Waals surface area (Å²) in [6.45, 7) is 0.409. The Kier molecular flexibility index (Phi) is 9.51. The first-order valence-corrected chi connectivity index (χ1v) is 11.9. The van der Waals surface area contributed by atoms with Gasteiger partial charge < -0.3 is 9.94 Å². The van der Waals surface area contributed by atoms with Crippen molar-refractivity contribution in [3.63, 3.8) is 0 Å². The van der Waals surface area contributed by atoms with Crippen LogP contribution in [0.15, 0.2) is 94.3 Å². The zero-order valence-electron chi connectivity index (χ0n) is 16.4. The van der Waals surface area contributed by atoms with E-state index in [1.807, 2.05) is 72.1 Å². The predicted molar refractivity (Wildman–Crippen MR) is 128 cm³/mol. The van der Waals surface area contributed by atoms with Crippen LogP contribution in [0.25, 0.3) is 0 Å². The summed E-state index contributed by atoms with van der Waals surface area (Å²) in [6, 6.07) is 21.6. The van der Waals surface area contributed by atoms with Crippen LogP contribution >= 0.6 is 34.7 Å². The molecule has 0 unspecified atom stereocenters. The molecule has 0 fully saturated rings. The maximum atomic E-state index is 10.8. The lowest BCUT2D eigenvalue weighted by Crippen LogP contribution is -2.13. The first-order chi connectivity index (χ1) is 14.7. The van der Waals surface area contributed by atoms with Crippen LogP contribution in [0.4, 0.5) is 0 Å². The number of thioether (sulfide) groups is 1. The van der Waals surface area contributed by atoms with E-state index in [0.29, 0.717) is 13.0 Å². The molecule has 3 nitrogen and oxygen atoms in total. The number of allylic oxidation sites excluding steroid dienone is 1. The third kappa shape index (κ3) is 7.65. The number of hydrogen-bond acceptors (Lipinski definition) is 5. The van der Waals surface area contributed by atoms with E-state index in [4.69, 9.17) is 16.4 Å². The number of aliphatic hydroxyl groups excluding tert-OH is 1. The molecule has 0 saturated carbocycles. The Morgan fingerprint density at radius 1 is 1.03 bits per heavy atom. The number of halogens is 1. The van der Waals surface area contributed by atoms with Gasteiger partial charge in [0.2, 0.25) is 0 Å². The first kappa shape index (κ1) is 22.6. The van der Waals surface area contributed by atoms with Crippen LogP contribution in [0.1, 0.15) is 23.0 Å². The van der Waals surface area contributed by atoms with Crippen LogP contribution < -0.4 is 0 Å². The lowest BCUT2D eigenvalue weighted by atomic mass is 9.98. The highest BCUT2D eigenvalue weighted by Gasteiger charge is 2.19. The molecule has 1 aromatic heterocycles. The van der Waals surface area contributed by atoms with Crippen molar-refractivity contribution < 1.29 is 9.94 Å². The number of hydrogen-bond donors (Lipinski definition) is 1. The summed E-state index contributed by atoms with van der Waals surface area (Å²) < 4.78 is 0. The molecule has 0 aliphatic carbocycles. The van der Waals surface area contributed by atoms with Crippen LogP contribution in [0.2, 0.25) is 5.02 Å². The average molecular weight is 458 g/mol. The third-order valence-corrected chi connectivity index (χ3v) is 6.54. The van der Waals surface area contributed by atoms with Gasteiger partial charge in [0.1, 0.15) is 6.61 Å². The second kappa shape index (κ2) is 12.6. The molecular weight excluding hydrogens is 434 g/mol. The average Bonchev–Trinajstić information content (AvgIpc) is 3.31. The largest absolute Gasteiger partial charge is 0.391 e. The van der Waals surface area contributed by atoms with Gasteiger partial charge in [-0.25, -0.2) is 0 Å². The van der Waals surface area contributed by atoms with Crippen molar-refractivity contribution in [1.82, 2.24) is 0 Å². The Bertz CT molecular complexity index is 912. The minimum absolute atomic E-state index is 0.156. The molecule has 2 atom stereocenters. The molecule has 3 aromatic rings. The molecule has 2 aromatic carbocycles. The van der Waals surface area contributed by atoms with Crippen molar-refractivity contribution >= 4 is 40.9 Å². The van der Waals surface area contributed by atoms with Gasteiger partial charge >= 0.3 is 0 Å². The minimum Gasteiger partial charge on any atom is -0.391 e. The van der Waals surface area contributed by atoms with Gasteiger partial charge in [0.05, 0.1) is 12.3 Å². The van der Waals surface area contributed by atoms with E-state index in [1.54, 1.807) is 29.3 Å². The third-order valence-electron chi connectivity index (χ3n) is 4.38. The van der Waals surface area contributed by atoms with Crippen molar-refractivity contribution in [2.75, 3.05) is 5.75 Å². The van der Waals surface area contributed by atoms with E-state index in [9.17, 15) is 5.11 Å². The molecule has 0 spiro atoms. The molecule has 0 radical (unpaired) electrons. The van der Waals surface area contributed by atoms with Crippen molar-refractivity contribution in [1.29, 1.82) is 0 Å². The van der Waals surface area contributed by atoms with Gasteiger partial charge in [-0.05, 0) is 47.7 Å². The zero-order valence-corrected chi connectivity index (χ0v) is 18.8. The molecule has 0 saturated heterocycles. The van der Waals surface area contributed by atoms with Crippen LogP contribution in [0, 0.1) is 5.92 Å². The van der Waals surface area contributed by atoms with Crippen LogP contribution in [-0.2, 0) is 11.4 Å². The van der Waals surface area contributed by atoms with E-state index in [2.05, 4.69) is 17.3 Å². The summed E-state index contributed by atoms with van der Waals surface area (Å²) in [6.07, 6.45) is 5.99. The molecule has 156 valence electrons. The Hall–Kier alpha value is -2.05. The molecule has 1 N–H and O–H groups in total. The number of nitrogens with zero attached hydrogens (tertiary/aromatic N) is 1. The van der Waals surface area contributed by atoms with Crippen molar-refractivity contribution in [3.8, 4) is 0 Å². The number of thiophene rings is 1. The van der Waals surface area contributed by atoms with Crippen molar-refractivity contribution in [3.05, 3.63) is 99.7 Å². The fraction of sp³-hybridized carbons (Fsp3) is 0.208. The highest BCUT2D eigenvalue weighted by atomic mass is 35.5. The van der Waals surface area contributed by atoms with E-state index in [0.717, 1.165) is 21.2 Å². The molecular formula is C24H24ClNO2S2. The first-order valence-electron chi connectivity index (χ1n) is 9.66. The summed E-state index contributed by atoms with van der Waals surface area (Å²) >= 11 is 9.21. The van der Waals surface area contributed by atoms with E-state index in [-0.39, 0.29) is 5.92 Å². The van der Waals surface area contributed by atoms with Gasteiger partial charge in [-0.2, -0.15) is 0 Å². The Morgan fingerprint density at radius 3 is 2.57 bits per heavy atom. The molecule has 0 aliphatic rings. The van der Waals surface area contributed by atoms with Gasteiger partial charge in [-0.1, -0.05) is 65.3 Å². The van der Waals surface area contributed by atoms with E-state index < -0.39 is 6.10 Å². The van der Waals surface area contributed by atoms with Crippen LogP contribution in [0.3, 0.4) is 0 Å². The van der Waals surface area contributed by atoms with Crippen molar-refractivity contribution in [2.24, 2.45) is 11.1 Å². The normalized spacial score (nSPS) is 13.7. The Balaban J connectivity index is 1.52. The topological polar surface area (TPSA) is 41.8 Å². The molecule has 0 bridgehead atoms. The quantitative estimate of drug-likeness (QED) is 0.146.